The minimum absolute atomic E-state index is 0.197. The first kappa shape index (κ1) is 8.33. The van der Waals surface area contributed by atoms with Crippen molar-refractivity contribution in [2.24, 2.45) is 5.73 Å². The average Bonchev–Trinajstić information content (AvgIpc) is 2.71. The summed E-state index contributed by atoms with van der Waals surface area (Å²) in [5.74, 6) is 0. The van der Waals surface area contributed by atoms with Gasteiger partial charge >= 0.3 is 6.09 Å². The molecule has 0 aromatic rings. The maximum atomic E-state index is 10.6. The lowest BCUT2D eigenvalue weighted by atomic mass is 10.3. The molecular weight excluding hydrogens is 144 g/mol. The molecule has 0 spiro atoms. The summed E-state index contributed by atoms with van der Waals surface area (Å²) in [5.41, 5.74) is 5.60. The fraction of sp³-hybridized carbons (Fsp3) is 0.857. The van der Waals surface area contributed by atoms with Crippen LogP contribution < -0.4 is 5.73 Å². The van der Waals surface area contributed by atoms with Crippen LogP contribution in [0.25, 0.3) is 0 Å². The van der Waals surface area contributed by atoms with Crippen LogP contribution in [0.3, 0.4) is 0 Å². The molecule has 1 unspecified atom stereocenters. The maximum Gasteiger partial charge on any atom is 0.408 e. The van der Waals surface area contributed by atoms with Crippen molar-refractivity contribution in [1.82, 2.24) is 4.90 Å². The first-order chi connectivity index (χ1) is 5.16. The zero-order valence-corrected chi connectivity index (χ0v) is 6.66. The Morgan fingerprint density at radius 3 is 2.64 bits per heavy atom. The minimum atomic E-state index is -0.887. The van der Waals surface area contributed by atoms with E-state index in [-0.39, 0.29) is 12.2 Å². The molecule has 1 amide bonds. The van der Waals surface area contributed by atoms with Crippen molar-refractivity contribution in [2.75, 3.05) is 0 Å². The molecule has 0 bridgehead atoms. The number of rotatable bonds is 3. The number of nitrogens with two attached hydrogens (primary N) is 1. The maximum absolute atomic E-state index is 10.6. The van der Waals surface area contributed by atoms with Gasteiger partial charge in [-0.1, -0.05) is 6.92 Å². The third-order valence-electron chi connectivity index (χ3n) is 1.94. The van der Waals surface area contributed by atoms with E-state index in [1.54, 1.807) is 0 Å². The van der Waals surface area contributed by atoms with Crippen LogP contribution in [-0.2, 0) is 0 Å². The summed E-state index contributed by atoms with van der Waals surface area (Å²) in [7, 11) is 0. The highest BCUT2D eigenvalue weighted by atomic mass is 16.4. The highest BCUT2D eigenvalue weighted by Crippen LogP contribution is 2.28. The lowest BCUT2D eigenvalue weighted by Crippen LogP contribution is -2.46. The number of carboxylic acid groups (broad SMARTS) is 1. The standard InChI is InChI=1S/C7H14N2O2/c1-2-6(8)9(7(10)11)5-3-4-5/h5-6H,2-4,8H2,1H3,(H,10,11). The Kier molecular flexibility index (Phi) is 2.34. The van der Waals surface area contributed by atoms with E-state index in [0.29, 0.717) is 6.42 Å². The highest BCUT2D eigenvalue weighted by Gasteiger charge is 2.35. The second kappa shape index (κ2) is 3.09. The monoisotopic (exact) mass is 158 g/mol. The first-order valence-corrected chi connectivity index (χ1v) is 3.93. The Hall–Kier alpha value is -0.770. The van der Waals surface area contributed by atoms with Crippen molar-refractivity contribution >= 4 is 6.09 Å². The van der Waals surface area contributed by atoms with Gasteiger partial charge in [-0.3, -0.25) is 4.90 Å². The van der Waals surface area contributed by atoms with Gasteiger partial charge in [-0.2, -0.15) is 0 Å². The van der Waals surface area contributed by atoms with Crippen LogP contribution in [-0.4, -0.2) is 28.3 Å². The molecule has 0 aliphatic heterocycles. The summed E-state index contributed by atoms with van der Waals surface area (Å²) >= 11 is 0. The minimum Gasteiger partial charge on any atom is -0.465 e. The van der Waals surface area contributed by atoms with Gasteiger partial charge in [-0.05, 0) is 19.3 Å². The summed E-state index contributed by atoms with van der Waals surface area (Å²) in [4.78, 5) is 12.0. The van der Waals surface area contributed by atoms with Crippen molar-refractivity contribution in [3.05, 3.63) is 0 Å². The van der Waals surface area contributed by atoms with Gasteiger partial charge in [0.05, 0.1) is 6.17 Å². The molecule has 1 saturated carbocycles. The Morgan fingerprint density at radius 1 is 1.82 bits per heavy atom. The van der Waals surface area contributed by atoms with E-state index in [9.17, 15) is 4.79 Å². The van der Waals surface area contributed by atoms with Crippen LogP contribution in [0.2, 0.25) is 0 Å². The van der Waals surface area contributed by atoms with E-state index in [1.807, 2.05) is 6.92 Å². The van der Waals surface area contributed by atoms with Crippen molar-refractivity contribution < 1.29 is 9.90 Å². The van der Waals surface area contributed by atoms with Gasteiger partial charge < -0.3 is 10.8 Å². The SMILES string of the molecule is CCC(N)N(C(=O)O)C1CC1. The Morgan fingerprint density at radius 2 is 2.36 bits per heavy atom. The molecule has 0 heterocycles. The van der Waals surface area contributed by atoms with E-state index in [4.69, 9.17) is 10.8 Å². The molecule has 1 fully saturated rings. The molecule has 0 radical (unpaired) electrons. The number of hydrogen-bond acceptors (Lipinski definition) is 2. The van der Waals surface area contributed by atoms with Crippen LogP contribution in [0.15, 0.2) is 0 Å². The van der Waals surface area contributed by atoms with Crippen molar-refractivity contribution in [3.8, 4) is 0 Å². The summed E-state index contributed by atoms with van der Waals surface area (Å²) in [6.45, 7) is 1.89. The van der Waals surface area contributed by atoms with E-state index >= 15 is 0 Å². The van der Waals surface area contributed by atoms with E-state index in [1.165, 1.54) is 4.90 Å². The molecule has 0 saturated heterocycles. The summed E-state index contributed by atoms with van der Waals surface area (Å²) < 4.78 is 0. The largest absolute Gasteiger partial charge is 0.465 e. The number of amides is 1. The third-order valence-corrected chi connectivity index (χ3v) is 1.94. The predicted octanol–water partition coefficient (Wildman–Crippen LogP) is 0.824. The Labute approximate surface area is 66.0 Å². The van der Waals surface area contributed by atoms with Gasteiger partial charge in [0.25, 0.3) is 0 Å². The molecule has 0 aromatic carbocycles. The number of hydrogen-bond donors (Lipinski definition) is 2. The van der Waals surface area contributed by atoms with Gasteiger partial charge in [0.1, 0.15) is 0 Å². The second-order valence-electron chi connectivity index (χ2n) is 2.90. The van der Waals surface area contributed by atoms with Gasteiger partial charge in [-0.15, -0.1) is 0 Å². The molecular formula is C7H14N2O2. The topological polar surface area (TPSA) is 66.6 Å². The number of nitrogens with zero attached hydrogens (tertiary/aromatic N) is 1. The summed E-state index contributed by atoms with van der Waals surface area (Å²) in [5, 5.41) is 8.73. The lowest BCUT2D eigenvalue weighted by molar-refractivity contribution is 0.120. The molecule has 11 heavy (non-hydrogen) atoms. The molecule has 1 aliphatic carbocycles. The quantitative estimate of drug-likeness (QED) is 0.597. The van der Waals surface area contributed by atoms with E-state index in [0.717, 1.165) is 12.8 Å². The highest BCUT2D eigenvalue weighted by molar-refractivity contribution is 5.66. The fourth-order valence-corrected chi connectivity index (χ4v) is 1.12. The lowest BCUT2D eigenvalue weighted by Gasteiger charge is -2.24. The van der Waals surface area contributed by atoms with Gasteiger partial charge in [0.2, 0.25) is 0 Å². The zero-order valence-electron chi connectivity index (χ0n) is 6.66. The summed E-state index contributed by atoms with van der Waals surface area (Å²) in [6.07, 6.45) is 1.42. The Balaban J connectivity index is 2.50. The Bertz CT molecular complexity index is 157. The molecule has 4 heteroatoms. The van der Waals surface area contributed by atoms with Gasteiger partial charge in [0.15, 0.2) is 0 Å². The average molecular weight is 158 g/mol. The van der Waals surface area contributed by atoms with Crippen molar-refractivity contribution in [1.29, 1.82) is 0 Å². The third kappa shape index (κ3) is 1.83. The van der Waals surface area contributed by atoms with Crippen LogP contribution >= 0.6 is 0 Å². The van der Waals surface area contributed by atoms with Crippen molar-refractivity contribution in [2.45, 2.75) is 38.4 Å². The van der Waals surface area contributed by atoms with Gasteiger partial charge in [-0.25, -0.2) is 4.79 Å². The van der Waals surface area contributed by atoms with Crippen LogP contribution in [0.1, 0.15) is 26.2 Å². The van der Waals surface area contributed by atoms with E-state index < -0.39 is 6.09 Å². The fourth-order valence-electron chi connectivity index (χ4n) is 1.12. The summed E-state index contributed by atoms with van der Waals surface area (Å²) in [6, 6.07) is 0.197. The predicted molar refractivity (Wildman–Crippen MR) is 41.2 cm³/mol. The molecule has 4 nitrogen and oxygen atoms in total. The van der Waals surface area contributed by atoms with Crippen LogP contribution in [0.5, 0.6) is 0 Å². The van der Waals surface area contributed by atoms with Crippen LogP contribution in [0, 0.1) is 0 Å². The van der Waals surface area contributed by atoms with Crippen molar-refractivity contribution in [3.63, 3.8) is 0 Å². The molecule has 1 rings (SSSR count). The zero-order chi connectivity index (χ0) is 8.43. The number of carbonyl (C=O) groups is 1. The van der Waals surface area contributed by atoms with E-state index in [2.05, 4.69) is 0 Å². The molecule has 0 aromatic heterocycles. The second-order valence-corrected chi connectivity index (χ2v) is 2.90. The molecule has 3 N–H and O–H groups in total. The normalized spacial score (nSPS) is 19.5. The first-order valence-electron chi connectivity index (χ1n) is 3.93. The van der Waals surface area contributed by atoms with Gasteiger partial charge in [0, 0.05) is 6.04 Å². The molecule has 64 valence electrons. The smallest absolute Gasteiger partial charge is 0.408 e. The molecule has 1 atom stereocenters. The van der Waals surface area contributed by atoms with Crippen LogP contribution in [0.4, 0.5) is 4.79 Å². The molecule has 1 aliphatic rings.